The Morgan fingerprint density at radius 2 is 2.19 bits per heavy atom. The number of hydrogen-bond donors (Lipinski definition) is 1. The fraction of sp³-hybridized carbons (Fsp3) is 0.500. The summed E-state index contributed by atoms with van der Waals surface area (Å²) in [5, 5.41) is 3.85. The smallest absolute Gasteiger partial charge is 0.128 e. The Morgan fingerprint density at radius 1 is 1.38 bits per heavy atom. The van der Waals surface area contributed by atoms with Crippen LogP contribution in [0, 0.1) is 11.6 Å². The molecule has 0 aliphatic carbocycles. The van der Waals surface area contributed by atoms with Crippen LogP contribution in [0.3, 0.4) is 0 Å². The average Bonchev–Trinajstić information content (AvgIpc) is 2.47. The molecule has 1 heterocycles. The van der Waals surface area contributed by atoms with E-state index < -0.39 is 0 Å². The van der Waals surface area contributed by atoms with Crippen molar-refractivity contribution in [3.8, 4) is 0 Å². The van der Waals surface area contributed by atoms with E-state index in [0.717, 1.165) is 24.8 Å². The van der Waals surface area contributed by atoms with Crippen molar-refractivity contribution in [2.45, 2.75) is 24.6 Å². The standard InChI is InChI=1S/C12H15F2NS/c1-8-4-5-15-12(7-16-8)10-6-9(13)2-3-11(10)14/h2-3,6,8,12,15H,4-5,7H2,1H3. The van der Waals surface area contributed by atoms with Crippen molar-refractivity contribution in [3.05, 3.63) is 35.4 Å². The number of rotatable bonds is 1. The van der Waals surface area contributed by atoms with Gasteiger partial charge >= 0.3 is 0 Å². The average molecular weight is 243 g/mol. The van der Waals surface area contributed by atoms with Crippen LogP contribution >= 0.6 is 11.8 Å². The molecule has 1 saturated heterocycles. The van der Waals surface area contributed by atoms with Gasteiger partial charge in [-0.3, -0.25) is 0 Å². The van der Waals surface area contributed by atoms with Gasteiger partial charge in [0.1, 0.15) is 11.6 Å². The van der Waals surface area contributed by atoms with E-state index in [0.29, 0.717) is 10.8 Å². The zero-order valence-electron chi connectivity index (χ0n) is 9.17. The summed E-state index contributed by atoms with van der Waals surface area (Å²) in [5.74, 6) is 0.0937. The lowest BCUT2D eigenvalue weighted by atomic mass is 10.1. The second-order valence-corrected chi connectivity index (χ2v) is 5.58. The summed E-state index contributed by atoms with van der Waals surface area (Å²) in [6.07, 6.45) is 1.07. The summed E-state index contributed by atoms with van der Waals surface area (Å²) in [5.41, 5.74) is 0.446. The summed E-state index contributed by atoms with van der Waals surface area (Å²) in [6, 6.07) is 3.57. The van der Waals surface area contributed by atoms with Gasteiger partial charge in [-0.15, -0.1) is 0 Å². The molecule has 1 aliphatic heterocycles. The lowest BCUT2D eigenvalue weighted by Crippen LogP contribution is -2.23. The lowest BCUT2D eigenvalue weighted by molar-refractivity contribution is 0.524. The highest BCUT2D eigenvalue weighted by atomic mass is 32.2. The maximum absolute atomic E-state index is 13.6. The van der Waals surface area contributed by atoms with Gasteiger partial charge < -0.3 is 5.32 Å². The molecular formula is C12H15F2NS. The zero-order chi connectivity index (χ0) is 11.5. The molecule has 1 aliphatic rings. The first kappa shape index (κ1) is 11.9. The minimum atomic E-state index is -0.375. The van der Waals surface area contributed by atoms with Crippen molar-refractivity contribution in [1.82, 2.24) is 5.32 Å². The predicted octanol–water partition coefficient (Wildman–Crippen LogP) is 3.12. The van der Waals surface area contributed by atoms with Crippen molar-refractivity contribution in [2.24, 2.45) is 0 Å². The SMILES string of the molecule is CC1CCNC(c2cc(F)ccc2F)CS1. The maximum Gasteiger partial charge on any atom is 0.128 e. The summed E-state index contributed by atoms with van der Waals surface area (Å²) in [4.78, 5) is 0. The number of nitrogens with one attached hydrogen (secondary N) is 1. The van der Waals surface area contributed by atoms with Crippen LogP contribution in [0.1, 0.15) is 24.9 Å². The molecule has 1 nitrogen and oxygen atoms in total. The number of thioether (sulfide) groups is 1. The molecule has 88 valence electrons. The second kappa shape index (κ2) is 5.15. The van der Waals surface area contributed by atoms with Crippen LogP contribution in [0.15, 0.2) is 18.2 Å². The molecule has 0 bridgehead atoms. The molecule has 1 fully saturated rings. The van der Waals surface area contributed by atoms with Crippen molar-refractivity contribution < 1.29 is 8.78 Å². The molecule has 0 radical (unpaired) electrons. The fourth-order valence-corrected chi connectivity index (χ4v) is 2.95. The first-order chi connectivity index (χ1) is 7.66. The molecular weight excluding hydrogens is 228 g/mol. The molecule has 1 N–H and O–H groups in total. The highest BCUT2D eigenvalue weighted by molar-refractivity contribution is 7.99. The van der Waals surface area contributed by atoms with Gasteiger partial charge in [0, 0.05) is 22.6 Å². The van der Waals surface area contributed by atoms with Gasteiger partial charge in [-0.25, -0.2) is 8.78 Å². The van der Waals surface area contributed by atoms with Crippen molar-refractivity contribution in [2.75, 3.05) is 12.3 Å². The molecule has 2 rings (SSSR count). The molecule has 16 heavy (non-hydrogen) atoms. The number of halogens is 2. The minimum absolute atomic E-state index is 0.0781. The molecule has 0 aromatic heterocycles. The third-order valence-corrected chi connectivity index (χ3v) is 4.15. The van der Waals surface area contributed by atoms with Gasteiger partial charge in [0.15, 0.2) is 0 Å². The van der Waals surface area contributed by atoms with E-state index in [-0.39, 0.29) is 17.7 Å². The van der Waals surface area contributed by atoms with Crippen LogP contribution in [0.25, 0.3) is 0 Å². The Balaban J connectivity index is 2.19. The van der Waals surface area contributed by atoms with Gasteiger partial charge in [-0.1, -0.05) is 6.92 Å². The Kier molecular flexibility index (Phi) is 3.82. The Hall–Kier alpha value is -0.610. The highest BCUT2D eigenvalue weighted by Gasteiger charge is 2.20. The maximum atomic E-state index is 13.6. The topological polar surface area (TPSA) is 12.0 Å². The molecule has 0 amide bonds. The van der Waals surface area contributed by atoms with Crippen LogP contribution in [-0.2, 0) is 0 Å². The molecule has 2 atom stereocenters. The van der Waals surface area contributed by atoms with E-state index >= 15 is 0 Å². The third-order valence-electron chi connectivity index (χ3n) is 2.82. The van der Waals surface area contributed by atoms with Gasteiger partial charge in [-0.2, -0.15) is 11.8 Å². The Labute approximate surface area is 98.6 Å². The molecule has 4 heteroatoms. The third kappa shape index (κ3) is 2.74. The second-order valence-electron chi connectivity index (χ2n) is 4.11. The fourth-order valence-electron chi connectivity index (χ4n) is 1.84. The van der Waals surface area contributed by atoms with E-state index in [1.807, 2.05) is 0 Å². The predicted molar refractivity (Wildman–Crippen MR) is 63.6 cm³/mol. The van der Waals surface area contributed by atoms with E-state index in [1.165, 1.54) is 12.1 Å². The van der Waals surface area contributed by atoms with Gasteiger partial charge in [-0.05, 0) is 31.2 Å². The Bertz CT molecular complexity index is 370. The van der Waals surface area contributed by atoms with E-state index in [4.69, 9.17) is 0 Å². The van der Waals surface area contributed by atoms with E-state index in [1.54, 1.807) is 11.8 Å². The minimum Gasteiger partial charge on any atom is -0.309 e. The zero-order valence-corrected chi connectivity index (χ0v) is 9.99. The molecule has 0 saturated carbocycles. The Morgan fingerprint density at radius 3 is 3.00 bits per heavy atom. The largest absolute Gasteiger partial charge is 0.309 e. The molecule has 1 aromatic carbocycles. The quantitative estimate of drug-likeness (QED) is 0.813. The van der Waals surface area contributed by atoms with Crippen LogP contribution < -0.4 is 5.32 Å². The first-order valence-electron chi connectivity index (χ1n) is 5.47. The molecule has 1 aromatic rings. The van der Waals surface area contributed by atoms with Gasteiger partial charge in [0.25, 0.3) is 0 Å². The van der Waals surface area contributed by atoms with Crippen LogP contribution in [0.4, 0.5) is 8.78 Å². The van der Waals surface area contributed by atoms with Crippen LogP contribution in [-0.4, -0.2) is 17.5 Å². The summed E-state index contributed by atoms with van der Waals surface area (Å²) in [7, 11) is 0. The lowest BCUT2D eigenvalue weighted by Gasteiger charge is -2.16. The molecule has 0 spiro atoms. The first-order valence-corrected chi connectivity index (χ1v) is 6.51. The monoisotopic (exact) mass is 243 g/mol. The van der Waals surface area contributed by atoms with E-state index in [9.17, 15) is 8.78 Å². The van der Waals surface area contributed by atoms with Crippen molar-refractivity contribution in [3.63, 3.8) is 0 Å². The van der Waals surface area contributed by atoms with Crippen LogP contribution in [0.5, 0.6) is 0 Å². The normalized spacial score (nSPS) is 26.4. The summed E-state index contributed by atoms with van der Waals surface area (Å²) in [6.45, 7) is 3.02. The summed E-state index contributed by atoms with van der Waals surface area (Å²) >= 11 is 1.80. The summed E-state index contributed by atoms with van der Waals surface area (Å²) < 4.78 is 26.6. The molecule has 2 unspecified atom stereocenters. The van der Waals surface area contributed by atoms with Crippen LogP contribution in [0.2, 0.25) is 0 Å². The van der Waals surface area contributed by atoms with Gasteiger partial charge in [0.2, 0.25) is 0 Å². The number of hydrogen-bond acceptors (Lipinski definition) is 2. The highest BCUT2D eigenvalue weighted by Crippen LogP contribution is 2.27. The van der Waals surface area contributed by atoms with E-state index in [2.05, 4.69) is 12.2 Å². The van der Waals surface area contributed by atoms with Gasteiger partial charge in [0.05, 0.1) is 0 Å². The number of benzene rings is 1. The van der Waals surface area contributed by atoms with Crippen molar-refractivity contribution >= 4 is 11.8 Å². The van der Waals surface area contributed by atoms with Crippen molar-refractivity contribution in [1.29, 1.82) is 0 Å².